The summed E-state index contributed by atoms with van der Waals surface area (Å²) in [5, 5.41) is 10.8. The zero-order chi connectivity index (χ0) is 17.1. The van der Waals surface area contributed by atoms with Gasteiger partial charge in [0.2, 0.25) is 0 Å². The lowest BCUT2D eigenvalue weighted by Gasteiger charge is -2.15. The summed E-state index contributed by atoms with van der Waals surface area (Å²) in [5.74, 6) is 0. The molecule has 0 aliphatic rings. The molecule has 1 aromatic carbocycles. The minimum atomic E-state index is -3.79. The lowest BCUT2D eigenvalue weighted by Crippen LogP contribution is -2.11. The maximum Gasteiger partial charge on any atom is 0.269 e. The van der Waals surface area contributed by atoms with Crippen LogP contribution in [0.2, 0.25) is 0 Å². The van der Waals surface area contributed by atoms with Crippen molar-refractivity contribution in [3.05, 3.63) is 39.4 Å². The lowest BCUT2D eigenvalue weighted by atomic mass is 10.0. The first-order chi connectivity index (χ1) is 9.89. The summed E-state index contributed by atoms with van der Waals surface area (Å²) in [4.78, 5) is 10.2. The molecule has 0 spiro atoms. The Kier molecular flexibility index (Phi) is 5.62. The zero-order valence-corrected chi connectivity index (χ0v) is 13.7. The van der Waals surface area contributed by atoms with Crippen molar-refractivity contribution in [1.82, 2.24) is 0 Å². The molecule has 1 rings (SSSR count). The minimum Gasteiger partial charge on any atom is -0.265 e. The number of rotatable bonds is 7. The van der Waals surface area contributed by atoms with Crippen molar-refractivity contribution >= 4 is 25.9 Å². The Hall–Kier alpha value is -1.56. The van der Waals surface area contributed by atoms with E-state index in [0.29, 0.717) is 0 Å². The van der Waals surface area contributed by atoms with E-state index >= 15 is 0 Å². The SMILES string of the molecule is C[C@H](OS(C)(=O)=O)c1cc([N+](=O)[O-])ccc1COS(C)(=O)=O. The maximum absolute atomic E-state index is 11.2. The summed E-state index contributed by atoms with van der Waals surface area (Å²) in [6.45, 7) is 0.994. The minimum absolute atomic E-state index is 0.156. The second-order valence-corrected chi connectivity index (χ2v) is 7.79. The van der Waals surface area contributed by atoms with Gasteiger partial charge in [-0.15, -0.1) is 0 Å². The average Bonchev–Trinajstić information content (AvgIpc) is 2.33. The van der Waals surface area contributed by atoms with Crippen molar-refractivity contribution in [2.75, 3.05) is 12.5 Å². The second-order valence-electron chi connectivity index (χ2n) is 4.55. The zero-order valence-electron chi connectivity index (χ0n) is 12.0. The highest BCUT2D eigenvalue weighted by molar-refractivity contribution is 7.86. The number of hydrogen-bond donors (Lipinski definition) is 0. The highest BCUT2D eigenvalue weighted by Gasteiger charge is 2.20. The van der Waals surface area contributed by atoms with Crippen molar-refractivity contribution in [2.45, 2.75) is 19.6 Å². The van der Waals surface area contributed by atoms with Crippen LogP contribution in [0.3, 0.4) is 0 Å². The molecule has 0 saturated heterocycles. The Morgan fingerprint density at radius 3 is 2.23 bits per heavy atom. The van der Waals surface area contributed by atoms with E-state index in [1.807, 2.05) is 0 Å². The summed E-state index contributed by atoms with van der Waals surface area (Å²) in [7, 11) is -7.51. The first-order valence-corrected chi connectivity index (χ1v) is 9.52. The van der Waals surface area contributed by atoms with Crippen molar-refractivity contribution < 1.29 is 30.1 Å². The molecule has 1 aromatic rings. The van der Waals surface area contributed by atoms with E-state index in [4.69, 9.17) is 4.18 Å². The molecular weight excluding hydrogens is 338 g/mol. The third kappa shape index (κ3) is 6.05. The summed E-state index contributed by atoms with van der Waals surface area (Å²) in [5.41, 5.74) is 0.150. The van der Waals surface area contributed by atoms with Crippen LogP contribution in [0.1, 0.15) is 24.2 Å². The number of nitro benzene ring substituents is 1. The molecule has 0 radical (unpaired) electrons. The normalized spacial score (nSPS) is 13.8. The molecule has 0 aliphatic carbocycles. The van der Waals surface area contributed by atoms with Gasteiger partial charge in [0.25, 0.3) is 25.9 Å². The van der Waals surface area contributed by atoms with Crippen LogP contribution in [0.15, 0.2) is 18.2 Å². The highest BCUT2D eigenvalue weighted by atomic mass is 32.2. The topological polar surface area (TPSA) is 130 Å². The fourth-order valence-corrected chi connectivity index (χ4v) is 2.66. The van der Waals surface area contributed by atoms with Gasteiger partial charge in [-0.25, -0.2) is 0 Å². The van der Waals surface area contributed by atoms with E-state index in [0.717, 1.165) is 24.6 Å². The van der Waals surface area contributed by atoms with Gasteiger partial charge in [0.15, 0.2) is 0 Å². The Labute approximate surface area is 128 Å². The summed E-state index contributed by atoms with van der Waals surface area (Å²) < 4.78 is 53.8. The average molecular weight is 353 g/mol. The fourth-order valence-electron chi connectivity index (χ4n) is 1.69. The van der Waals surface area contributed by atoms with Gasteiger partial charge in [-0.05, 0) is 24.1 Å². The summed E-state index contributed by atoms with van der Waals surface area (Å²) in [6.07, 6.45) is 0.662. The molecule has 124 valence electrons. The molecule has 0 amide bonds. The first-order valence-electron chi connectivity index (χ1n) is 5.89. The van der Waals surface area contributed by atoms with Crippen LogP contribution in [0, 0.1) is 10.1 Å². The molecule has 0 saturated carbocycles. The van der Waals surface area contributed by atoms with Crippen LogP contribution in [0.5, 0.6) is 0 Å². The van der Waals surface area contributed by atoms with E-state index in [9.17, 15) is 26.9 Å². The first kappa shape index (κ1) is 18.5. The Morgan fingerprint density at radius 1 is 1.18 bits per heavy atom. The third-order valence-corrected chi connectivity index (χ3v) is 3.71. The van der Waals surface area contributed by atoms with E-state index in [-0.39, 0.29) is 23.4 Å². The van der Waals surface area contributed by atoms with E-state index in [1.54, 1.807) is 0 Å². The van der Waals surface area contributed by atoms with Crippen LogP contribution in [-0.2, 0) is 35.2 Å². The standard InChI is InChI=1S/C11H15NO8S2/c1-8(20-22(3,17)18)11-6-10(12(13)14)5-4-9(11)7-19-21(2,15)16/h4-6,8H,7H2,1-3H3/t8-/m0/s1. The molecule has 0 heterocycles. The number of benzene rings is 1. The van der Waals surface area contributed by atoms with Gasteiger partial charge >= 0.3 is 0 Å². The molecule has 0 aromatic heterocycles. The fraction of sp³-hybridized carbons (Fsp3) is 0.455. The van der Waals surface area contributed by atoms with Crippen molar-refractivity contribution in [3.63, 3.8) is 0 Å². The van der Waals surface area contributed by atoms with Gasteiger partial charge in [0.1, 0.15) is 0 Å². The van der Waals surface area contributed by atoms with Crippen LogP contribution in [0.25, 0.3) is 0 Å². The summed E-state index contributed by atoms with van der Waals surface area (Å²) in [6, 6.07) is 3.58. The number of nitrogens with zero attached hydrogens (tertiary/aromatic N) is 1. The predicted octanol–water partition coefficient (Wildman–Crippen LogP) is 1.11. The van der Waals surface area contributed by atoms with Gasteiger partial charge in [-0.2, -0.15) is 16.8 Å². The largest absolute Gasteiger partial charge is 0.269 e. The Balaban J connectivity index is 3.23. The van der Waals surface area contributed by atoms with Gasteiger partial charge in [0, 0.05) is 12.1 Å². The third-order valence-electron chi connectivity index (χ3n) is 2.53. The molecule has 22 heavy (non-hydrogen) atoms. The predicted molar refractivity (Wildman–Crippen MR) is 77.1 cm³/mol. The van der Waals surface area contributed by atoms with E-state index in [2.05, 4.69) is 4.18 Å². The Bertz CT molecular complexity index is 769. The van der Waals surface area contributed by atoms with Crippen LogP contribution < -0.4 is 0 Å². The van der Waals surface area contributed by atoms with E-state index in [1.165, 1.54) is 13.0 Å². The van der Waals surface area contributed by atoms with Crippen molar-refractivity contribution in [3.8, 4) is 0 Å². The molecule has 0 unspecified atom stereocenters. The van der Waals surface area contributed by atoms with Crippen molar-refractivity contribution in [2.24, 2.45) is 0 Å². The highest BCUT2D eigenvalue weighted by Crippen LogP contribution is 2.27. The Morgan fingerprint density at radius 2 is 1.77 bits per heavy atom. The van der Waals surface area contributed by atoms with Crippen LogP contribution in [-0.4, -0.2) is 34.3 Å². The maximum atomic E-state index is 11.2. The van der Waals surface area contributed by atoms with Crippen LogP contribution >= 0.6 is 0 Å². The quantitative estimate of drug-likeness (QED) is 0.405. The van der Waals surface area contributed by atoms with Crippen molar-refractivity contribution in [1.29, 1.82) is 0 Å². The smallest absolute Gasteiger partial charge is 0.265 e. The molecule has 0 aliphatic heterocycles. The molecule has 0 bridgehead atoms. The van der Waals surface area contributed by atoms with Gasteiger partial charge < -0.3 is 0 Å². The van der Waals surface area contributed by atoms with Gasteiger partial charge in [-0.3, -0.25) is 18.5 Å². The van der Waals surface area contributed by atoms with Crippen LogP contribution in [0.4, 0.5) is 5.69 Å². The van der Waals surface area contributed by atoms with Gasteiger partial charge in [0.05, 0.1) is 30.1 Å². The summed E-state index contributed by atoms with van der Waals surface area (Å²) >= 11 is 0. The lowest BCUT2D eigenvalue weighted by molar-refractivity contribution is -0.385. The van der Waals surface area contributed by atoms with E-state index < -0.39 is 31.3 Å². The molecule has 0 N–H and O–H groups in total. The molecule has 1 atom stereocenters. The molecular formula is C11H15NO8S2. The molecule has 11 heteroatoms. The molecule has 0 fully saturated rings. The second kappa shape index (κ2) is 6.69. The number of nitro groups is 1. The molecule has 9 nitrogen and oxygen atoms in total. The monoisotopic (exact) mass is 353 g/mol. The number of non-ortho nitro benzene ring substituents is 1. The number of hydrogen-bond acceptors (Lipinski definition) is 8. The van der Waals surface area contributed by atoms with Gasteiger partial charge in [-0.1, -0.05) is 0 Å².